The van der Waals surface area contributed by atoms with E-state index in [1.165, 1.54) is 7.11 Å². The molecule has 0 atom stereocenters. The smallest absolute Gasteiger partial charge is 0.259 e. The van der Waals surface area contributed by atoms with E-state index in [0.29, 0.717) is 35.9 Å². The Balaban J connectivity index is 1.98. The predicted octanol–water partition coefficient (Wildman–Crippen LogP) is 2.26. The summed E-state index contributed by atoms with van der Waals surface area (Å²) in [6.07, 6.45) is 0.268. The Hall–Kier alpha value is -3.06. The van der Waals surface area contributed by atoms with Gasteiger partial charge in [0, 0.05) is 25.4 Å². The van der Waals surface area contributed by atoms with E-state index in [9.17, 15) is 9.59 Å². The maximum atomic E-state index is 12.5. The van der Waals surface area contributed by atoms with Gasteiger partial charge in [0.25, 0.3) is 5.91 Å². The molecule has 0 saturated carbocycles. The lowest BCUT2D eigenvalue weighted by molar-refractivity contribution is -0.120. The van der Waals surface area contributed by atoms with Crippen LogP contribution in [0.1, 0.15) is 15.9 Å². The van der Waals surface area contributed by atoms with Crippen LogP contribution in [-0.4, -0.2) is 46.3 Å². The van der Waals surface area contributed by atoms with E-state index in [1.807, 2.05) is 0 Å². The number of benzene rings is 2. The van der Waals surface area contributed by atoms with Gasteiger partial charge in [0.1, 0.15) is 11.5 Å². The zero-order valence-corrected chi connectivity index (χ0v) is 15.7. The second kappa shape index (κ2) is 10.2. The van der Waals surface area contributed by atoms with Gasteiger partial charge in [-0.3, -0.25) is 9.59 Å². The number of rotatable bonds is 9. The summed E-state index contributed by atoms with van der Waals surface area (Å²) in [4.78, 5) is 24.3. The summed E-state index contributed by atoms with van der Waals surface area (Å²) in [5.41, 5.74) is 1.88. The summed E-state index contributed by atoms with van der Waals surface area (Å²) in [5, 5.41) is 5.58. The molecule has 7 heteroatoms. The molecule has 2 N–H and O–H groups in total. The van der Waals surface area contributed by atoms with Gasteiger partial charge in [-0.1, -0.05) is 12.1 Å². The highest BCUT2D eigenvalue weighted by Gasteiger charge is 2.13. The van der Waals surface area contributed by atoms with Crippen LogP contribution in [0.4, 0.5) is 5.69 Å². The van der Waals surface area contributed by atoms with Crippen molar-refractivity contribution in [1.82, 2.24) is 5.32 Å². The monoisotopic (exact) mass is 372 g/mol. The van der Waals surface area contributed by atoms with E-state index >= 15 is 0 Å². The van der Waals surface area contributed by atoms with Crippen molar-refractivity contribution in [3.05, 3.63) is 53.6 Å². The number of hydrogen-bond acceptors (Lipinski definition) is 5. The first-order valence-corrected chi connectivity index (χ1v) is 8.45. The average molecular weight is 372 g/mol. The summed E-state index contributed by atoms with van der Waals surface area (Å²) >= 11 is 0. The fourth-order valence-electron chi connectivity index (χ4n) is 2.43. The van der Waals surface area contributed by atoms with Gasteiger partial charge in [-0.05, 0) is 29.8 Å². The average Bonchev–Trinajstić information content (AvgIpc) is 2.69. The number of amides is 2. The zero-order valence-electron chi connectivity index (χ0n) is 15.7. The van der Waals surface area contributed by atoms with Gasteiger partial charge < -0.3 is 24.8 Å². The molecule has 7 nitrogen and oxygen atoms in total. The summed E-state index contributed by atoms with van der Waals surface area (Å²) < 4.78 is 15.3. The zero-order chi connectivity index (χ0) is 19.6. The van der Waals surface area contributed by atoms with Gasteiger partial charge in [0.15, 0.2) is 0 Å². The third kappa shape index (κ3) is 6.00. The molecule has 0 aliphatic heterocycles. The lowest BCUT2D eigenvalue weighted by Crippen LogP contribution is -2.28. The molecular weight excluding hydrogens is 348 g/mol. The van der Waals surface area contributed by atoms with Crippen LogP contribution < -0.4 is 20.1 Å². The second-order valence-corrected chi connectivity index (χ2v) is 5.74. The summed E-state index contributed by atoms with van der Waals surface area (Å²) in [6, 6.07) is 12.1. The van der Waals surface area contributed by atoms with Crippen LogP contribution in [-0.2, 0) is 16.0 Å². The highest BCUT2D eigenvalue weighted by molar-refractivity contribution is 6.06. The molecule has 0 aromatic heterocycles. The van der Waals surface area contributed by atoms with Gasteiger partial charge in [0.05, 0.1) is 32.8 Å². The molecule has 2 aromatic carbocycles. The second-order valence-electron chi connectivity index (χ2n) is 5.74. The lowest BCUT2D eigenvalue weighted by atomic mass is 10.1. The SMILES string of the molecule is COCCNC(=O)Cc1ccc(NC(=O)c2ccc(OC)cc2OC)cc1. The summed E-state index contributed by atoms with van der Waals surface area (Å²) in [5.74, 6) is 0.666. The van der Waals surface area contributed by atoms with Crippen LogP contribution in [0.3, 0.4) is 0 Å². The molecule has 2 amide bonds. The first-order valence-electron chi connectivity index (χ1n) is 8.45. The first-order chi connectivity index (χ1) is 13.1. The Morgan fingerprint density at radius 1 is 0.963 bits per heavy atom. The van der Waals surface area contributed by atoms with E-state index in [-0.39, 0.29) is 18.2 Å². The number of carbonyl (C=O) groups excluding carboxylic acids is 2. The third-order valence-electron chi connectivity index (χ3n) is 3.86. The van der Waals surface area contributed by atoms with Gasteiger partial charge in [-0.15, -0.1) is 0 Å². The number of anilines is 1. The van der Waals surface area contributed by atoms with Crippen molar-refractivity contribution in [2.75, 3.05) is 39.8 Å². The minimum Gasteiger partial charge on any atom is -0.497 e. The molecule has 144 valence electrons. The molecule has 0 aliphatic rings. The maximum absolute atomic E-state index is 12.5. The van der Waals surface area contributed by atoms with E-state index < -0.39 is 0 Å². The van der Waals surface area contributed by atoms with Crippen molar-refractivity contribution in [2.45, 2.75) is 6.42 Å². The highest BCUT2D eigenvalue weighted by Crippen LogP contribution is 2.25. The van der Waals surface area contributed by atoms with Gasteiger partial charge in [0.2, 0.25) is 5.91 Å². The minimum absolute atomic E-state index is 0.0770. The van der Waals surface area contributed by atoms with Crippen molar-refractivity contribution in [1.29, 1.82) is 0 Å². The van der Waals surface area contributed by atoms with E-state index in [1.54, 1.807) is 56.7 Å². The molecule has 0 radical (unpaired) electrons. The molecule has 0 fully saturated rings. The summed E-state index contributed by atoms with van der Waals surface area (Å²) in [6.45, 7) is 0.957. The fourth-order valence-corrected chi connectivity index (χ4v) is 2.43. The van der Waals surface area contributed by atoms with Crippen LogP contribution >= 0.6 is 0 Å². The number of nitrogens with one attached hydrogen (secondary N) is 2. The summed E-state index contributed by atoms with van der Waals surface area (Å²) in [7, 11) is 4.63. The van der Waals surface area contributed by atoms with Crippen molar-refractivity contribution >= 4 is 17.5 Å². The van der Waals surface area contributed by atoms with Gasteiger partial charge in [-0.25, -0.2) is 0 Å². The predicted molar refractivity (Wildman–Crippen MR) is 103 cm³/mol. The van der Waals surface area contributed by atoms with Gasteiger partial charge >= 0.3 is 0 Å². The fraction of sp³-hybridized carbons (Fsp3) is 0.300. The van der Waals surface area contributed by atoms with Crippen molar-refractivity contribution < 1.29 is 23.8 Å². The van der Waals surface area contributed by atoms with Crippen molar-refractivity contribution in [2.24, 2.45) is 0 Å². The maximum Gasteiger partial charge on any atom is 0.259 e. The highest BCUT2D eigenvalue weighted by atomic mass is 16.5. The van der Waals surface area contributed by atoms with Crippen molar-refractivity contribution in [3.63, 3.8) is 0 Å². The Kier molecular flexibility index (Phi) is 7.63. The van der Waals surface area contributed by atoms with Crippen LogP contribution in [0.15, 0.2) is 42.5 Å². The van der Waals surface area contributed by atoms with Gasteiger partial charge in [-0.2, -0.15) is 0 Å². The molecule has 2 rings (SSSR count). The van der Waals surface area contributed by atoms with Crippen LogP contribution in [0.5, 0.6) is 11.5 Å². The molecule has 0 aliphatic carbocycles. The normalized spacial score (nSPS) is 10.2. The van der Waals surface area contributed by atoms with Crippen LogP contribution in [0.25, 0.3) is 0 Å². The Bertz CT molecular complexity index is 774. The molecule has 0 bridgehead atoms. The molecule has 0 unspecified atom stereocenters. The van der Waals surface area contributed by atoms with E-state index in [0.717, 1.165) is 5.56 Å². The number of methoxy groups -OCH3 is 3. The molecule has 27 heavy (non-hydrogen) atoms. The third-order valence-corrected chi connectivity index (χ3v) is 3.86. The first kappa shape index (κ1) is 20.3. The molecule has 0 saturated heterocycles. The quantitative estimate of drug-likeness (QED) is 0.660. The molecule has 0 spiro atoms. The number of hydrogen-bond donors (Lipinski definition) is 2. The largest absolute Gasteiger partial charge is 0.497 e. The number of ether oxygens (including phenoxy) is 3. The Morgan fingerprint density at radius 2 is 1.70 bits per heavy atom. The Labute approximate surface area is 158 Å². The standard InChI is InChI=1S/C20H24N2O5/c1-25-11-10-21-19(23)12-14-4-6-15(7-5-14)22-20(24)17-9-8-16(26-2)13-18(17)27-3/h4-9,13H,10-12H2,1-3H3,(H,21,23)(H,22,24). The molecule has 2 aromatic rings. The molecule has 0 heterocycles. The van der Waals surface area contributed by atoms with Crippen LogP contribution in [0, 0.1) is 0 Å². The topological polar surface area (TPSA) is 85.9 Å². The van der Waals surface area contributed by atoms with E-state index in [2.05, 4.69) is 10.6 Å². The number of carbonyl (C=O) groups is 2. The van der Waals surface area contributed by atoms with Crippen molar-refractivity contribution in [3.8, 4) is 11.5 Å². The molecular formula is C20H24N2O5. The van der Waals surface area contributed by atoms with Crippen LogP contribution in [0.2, 0.25) is 0 Å². The van der Waals surface area contributed by atoms with E-state index in [4.69, 9.17) is 14.2 Å². The minimum atomic E-state index is -0.292. The Morgan fingerprint density at radius 3 is 2.33 bits per heavy atom. The lowest BCUT2D eigenvalue weighted by Gasteiger charge is -2.11.